The van der Waals surface area contributed by atoms with E-state index in [1.807, 2.05) is 13.8 Å². The van der Waals surface area contributed by atoms with Crippen LogP contribution >= 0.6 is 0 Å². The molecule has 1 amide bonds. The summed E-state index contributed by atoms with van der Waals surface area (Å²) < 4.78 is 0. The van der Waals surface area contributed by atoms with E-state index in [1.54, 1.807) is 0 Å². The Balaban J connectivity index is 2.42. The summed E-state index contributed by atoms with van der Waals surface area (Å²) in [4.78, 5) is 11.2. The maximum Gasteiger partial charge on any atom is 0.220 e. The summed E-state index contributed by atoms with van der Waals surface area (Å²) in [6, 6.07) is -0.183. The summed E-state index contributed by atoms with van der Waals surface area (Å²) in [5.74, 6) is 0.518. The zero-order chi connectivity index (χ0) is 9.68. The third-order valence-electron chi connectivity index (χ3n) is 1.60. The van der Waals surface area contributed by atoms with Gasteiger partial charge in [-0.15, -0.1) is 10.2 Å². The second-order valence-electron chi connectivity index (χ2n) is 2.81. The second kappa shape index (κ2) is 4.54. The van der Waals surface area contributed by atoms with Crippen molar-refractivity contribution in [1.29, 1.82) is 0 Å². The smallest absolute Gasteiger partial charge is 0.220 e. The summed E-state index contributed by atoms with van der Waals surface area (Å²) in [5, 5.41) is 16.0. The topological polar surface area (TPSA) is 83.6 Å². The predicted octanol–water partition coefficient (Wildman–Crippen LogP) is 0.177. The maximum absolute atomic E-state index is 11.2. The minimum atomic E-state index is -0.183. The van der Waals surface area contributed by atoms with Crippen molar-refractivity contribution < 1.29 is 4.79 Å². The number of nitrogens with one attached hydrogen (secondary N) is 2. The second-order valence-corrected chi connectivity index (χ2v) is 2.81. The number of tetrazole rings is 1. The summed E-state index contributed by atoms with van der Waals surface area (Å²) >= 11 is 0. The van der Waals surface area contributed by atoms with Crippen molar-refractivity contribution in [3.8, 4) is 0 Å². The maximum atomic E-state index is 11.2. The fraction of sp³-hybridized carbons (Fsp3) is 0.714. The van der Waals surface area contributed by atoms with Gasteiger partial charge in [-0.1, -0.05) is 12.1 Å². The highest BCUT2D eigenvalue weighted by Gasteiger charge is 2.11. The van der Waals surface area contributed by atoms with Crippen LogP contribution in [-0.4, -0.2) is 26.5 Å². The van der Waals surface area contributed by atoms with E-state index in [4.69, 9.17) is 0 Å². The van der Waals surface area contributed by atoms with E-state index in [-0.39, 0.29) is 11.9 Å². The molecule has 1 aromatic heterocycles. The van der Waals surface area contributed by atoms with E-state index in [1.165, 1.54) is 0 Å². The van der Waals surface area contributed by atoms with Gasteiger partial charge in [0.1, 0.15) is 0 Å². The Morgan fingerprint density at radius 3 is 3.00 bits per heavy atom. The number of aromatic amines is 1. The highest BCUT2D eigenvalue weighted by Crippen LogP contribution is 2.03. The Morgan fingerprint density at radius 2 is 2.46 bits per heavy atom. The van der Waals surface area contributed by atoms with Gasteiger partial charge in [-0.2, -0.15) is 5.21 Å². The van der Waals surface area contributed by atoms with Gasteiger partial charge in [0.05, 0.1) is 6.04 Å². The molecule has 13 heavy (non-hydrogen) atoms. The van der Waals surface area contributed by atoms with Crippen LogP contribution in [0.4, 0.5) is 0 Å². The molecule has 1 rings (SSSR count). The van der Waals surface area contributed by atoms with Gasteiger partial charge in [-0.3, -0.25) is 4.79 Å². The van der Waals surface area contributed by atoms with Crippen molar-refractivity contribution in [2.24, 2.45) is 0 Å². The van der Waals surface area contributed by atoms with E-state index in [2.05, 4.69) is 25.9 Å². The van der Waals surface area contributed by atoms with Crippen LogP contribution in [0.25, 0.3) is 0 Å². The normalized spacial score (nSPS) is 12.5. The van der Waals surface area contributed by atoms with E-state index in [0.717, 1.165) is 6.42 Å². The third kappa shape index (κ3) is 2.81. The average molecular weight is 183 g/mol. The molecule has 0 aromatic carbocycles. The first-order chi connectivity index (χ1) is 6.24. The van der Waals surface area contributed by atoms with E-state index in [9.17, 15) is 4.79 Å². The number of aromatic nitrogens is 4. The minimum Gasteiger partial charge on any atom is -0.346 e. The van der Waals surface area contributed by atoms with Crippen LogP contribution in [0.1, 0.15) is 38.6 Å². The zero-order valence-corrected chi connectivity index (χ0v) is 7.74. The number of rotatable bonds is 4. The first kappa shape index (κ1) is 9.63. The number of hydrogen-bond donors (Lipinski definition) is 2. The van der Waals surface area contributed by atoms with Crippen LogP contribution in [0.15, 0.2) is 0 Å². The van der Waals surface area contributed by atoms with E-state index in [0.29, 0.717) is 12.2 Å². The lowest BCUT2D eigenvalue weighted by molar-refractivity contribution is -0.121. The van der Waals surface area contributed by atoms with Gasteiger partial charge < -0.3 is 5.32 Å². The quantitative estimate of drug-likeness (QED) is 0.697. The minimum absolute atomic E-state index is 0.0137. The molecule has 0 saturated carbocycles. The SMILES string of the molecule is CCCC(=O)NC(C)c1nn[nH]n1. The lowest BCUT2D eigenvalue weighted by Crippen LogP contribution is -2.26. The number of carbonyl (C=O) groups excluding carboxylic acids is 1. The van der Waals surface area contributed by atoms with Gasteiger partial charge in [-0.05, 0) is 13.3 Å². The fourth-order valence-electron chi connectivity index (χ4n) is 0.958. The highest BCUT2D eigenvalue weighted by molar-refractivity contribution is 5.76. The molecule has 0 fully saturated rings. The summed E-state index contributed by atoms with van der Waals surface area (Å²) in [6.45, 7) is 3.77. The van der Waals surface area contributed by atoms with Crippen molar-refractivity contribution in [2.75, 3.05) is 0 Å². The van der Waals surface area contributed by atoms with Crippen LogP contribution in [0.3, 0.4) is 0 Å². The molecular weight excluding hydrogens is 170 g/mol. The molecule has 6 heteroatoms. The number of hydrogen-bond acceptors (Lipinski definition) is 4. The van der Waals surface area contributed by atoms with Crippen molar-refractivity contribution >= 4 is 5.91 Å². The Hall–Kier alpha value is -1.46. The lowest BCUT2D eigenvalue weighted by atomic mass is 10.2. The van der Waals surface area contributed by atoms with Crippen molar-refractivity contribution in [2.45, 2.75) is 32.7 Å². The zero-order valence-electron chi connectivity index (χ0n) is 7.74. The van der Waals surface area contributed by atoms with Crippen LogP contribution in [0.5, 0.6) is 0 Å². The Bertz CT molecular complexity index is 258. The van der Waals surface area contributed by atoms with Crippen LogP contribution in [-0.2, 0) is 4.79 Å². The van der Waals surface area contributed by atoms with Crippen LogP contribution in [0, 0.1) is 0 Å². The monoisotopic (exact) mass is 183 g/mol. The van der Waals surface area contributed by atoms with Crippen LogP contribution in [0.2, 0.25) is 0 Å². The highest BCUT2D eigenvalue weighted by atomic mass is 16.1. The molecule has 1 atom stereocenters. The van der Waals surface area contributed by atoms with Crippen molar-refractivity contribution in [1.82, 2.24) is 25.9 Å². The number of amides is 1. The molecule has 0 aliphatic heterocycles. The Morgan fingerprint density at radius 1 is 1.69 bits per heavy atom. The van der Waals surface area contributed by atoms with Gasteiger partial charge in [0, 0.05) is 6.42 Å². The largest absolute Gasteiger partial charge is 0.346 e. The van der Waals surface area contributed by atoms with Gasteiger partial charge in [0.2, 0.25) is 5.91 Å². The number of nitrogens with zero attached hydrogens (tertiary/aromatic N) is 3. The van der Waals surface area contributed by atoms with Gasteiger partial charge in [0.15, 0.2) is 5.82 Å². The number of carbonyl (C=O) groups is 1. The Kier molecular flexibility index (Phi) is 3.36. The molecular formula is C7H13N5O. The van der Waals surface area contributed by atoms with Gasteiger partial charge >= 0.3 is 0 Å². The summed E-state index contributed by atoms with van der Waals surface area (Å²) in [5.41, 5.74) is 0. The van der Waals surface area contributed by atoms with Gasteiger partial charge in [0.25, 0.3) is 0 Å². The molecule has 1 unspecified atom stereocenters. The molecule has 72 valence electrons. The molecule has 2 N–H and O–H groups in total. The average Bonchev–Trinajstić information content (AvgIpc) is 2.55. The molecule has 0 spiro atoms. The van der Waals surface area contributed by atoms with Gasteiger partial charge in [-0.25, -0.2) is 0 Å². The fourth-order valence-corrected chi connectivity index (χ4v) is 0.958. The first-order valence-electron chi connectivity index (χ1n) is 4.26. The van der Waals surface area contributed by atoms with E-state index < -0.39 is 0 Å². The predicted molar refractivity (Wildman–Crippen MR) is 45.6 cm³/mol. The van der Waals surface area contributed by atoms with Crippen molar-refractivity contribution in [3.05, 3.63) is 5.82 Å². The standard InChI is InChI=1S/C7H13N5O/c1-3-4-6(13)8-5(2)7-9-11-12-10-7/h5H,3-4H2,1-2H3,(H,8,13)(H,9,10,11,12). The molecule has 0 saturated heterocycles. The molecule has 0 radical (unpaired) electrons. The van der Waals surface area contributed by atoms with Crippen LogP contribution < -0.4 is 5.32 Å². The summed E-state index contributed by atoms with van der Waals surface area (Å²) in [7, 11) is 0. The Labute approximate surface area is 76.1 Å². The molecule has 0 bridgehead atoms. The van der Waals surface area contributed by atoms with E-state index >= 15 is 0 Å². The molecule has 0 aliphatic rings. The lowest BCUT2D eigenvalue weighted by Gasteiger charge is -2.08. The summed E-state index contributed by atoms with van der Waals surface area (Å²) in [6.07, 6.45) is 1.37. The molecule has 1 aromatic rings. The number of H-pyrrole nitrogens is 1. The van der Waals surface area contributed by atoms with Crippen molar-refractivity contribution in [3.63, 3.8) is 0 Å². The first-order valence-corrected chi connectivity index (χ1v) is 4.26. The molecule has 6 nitrogen and oxygen atoms in total. The third-order valence-corrected chi connectivity index (χ3v) is 1.60. The molecule has 1 heterocycles. The molecule has 0 aliphatic carbocycles.